The topological polar surface area (TPSA) is 47.3 Å². The average molecular weight is 144 g/mol. The Labute approximate surface area is 62.2 Å². The highest BCUT2D eigenvalue weighted by atomic mass is 16.5. The van der Waals surface area contributed by atoms with E-state index >= 15 is 0 Å². The molecular formula is C7H16N2O. The van der Waals surface area contributed by atoms with Crippen LogP contribution in [0.3, 0.4) is 0 Å². The minimum absolute atomic E-state index is 0.285. The molecule has 0 rings (SSSR count). The number of ether oxygens (including phenoxy) is 1. The van der Waals surface area contributed by atoms with Crippen LogP contribution in [0.15, 0.2) is 12.4 Å². The van der Waals surface area contributed by atoms with Crippen LogP contribution < -0.4 is 11.1 Å². The van der Waals surface area contributed by atoms with Crippen LogP contribution in [0.1, 0.15) is 13.8 Å². The highest BCUT2D eigenvalue weighted by molar-refractivity contribution is 4.81. The molecule has 10 heavy (non-hydrogen) atoms. The minimum Gasteiger partial charge on any atom is -0.386 e. The van der Waals surface area contributed by atoms with Crippen LogP contribution >= 0.6 is 0 Å². The maximum atomic E-state index is 5.25. The van der Waals surface area contributed by atoms with Crippen molar-refractivity contribution >= 4 is 0 Å². The molecule has 0 amide bonds. The van der Waals surface area contributed by atoms with Gasteiger partial charge in [0.05, 0.1) is 18.5 Å². The molecule has 0 aliphatic rings. The molecule has 0 radical (unpaired) electrons. The molecule has 0 saturated heterocycles. The van der Waals surface area contributed by atoms with Crippen molar-refractivity contribution in [2.75, 3.05) is 13.2 Å². The molecule has 0 saturated carbocycles. The summed E-state index contributed by atoms with van der Waals surface area (Å²) in [4.78, 5) is 0. The molecule has 0 spiro atoms. The van der Waals surface area contributed by atoms with Crippen LogP contribution in [0, 0.1) is 0 Å². The van der Waals surface area contributed by atoms with Gasteiger partial charge in [0.2, 0.25) is 0 Å². The first-order valence-corrected chi connectivity index (χ1v) is 3.42. The maximum absolute atomic E-state index is 5.25. The summed E-state index contributed by atoms with van der Waals surface area (Å²) in [5, 5.41) is 2.86. The first-order valence-electron chi connectivity index (χ1n) is 3.42. The van der Waals surface area contributed by atoms with Crippen molar-refractivity contribution in [1.82, 2.24) is 5.32 Å². The maximum Gasteiger partial charge on any atom is 0.0886 e. The summed E-state index contributed by atoms with van der Waals surface area (Å²) in [6.07, 6.45) is 0.285. The summed E-state index contributed by atoms with van der Waals surface area (Å²) in [6.45, 7) is 8.88. The number of rotatable bonds is 5. The van der Waals surface area contributed by atoms with E-state index < -0.39 is 0 Å². The lowest BCUT2D eigenvalue weighted by atomic mass is 10.5. The Hall–Kier alpha value is -0.700. The zero-order valence-electron chi connectivity index (χ0n) is 6.68. The summed E-state index contributed by atoms with van der Waals surface area (Å²) in [5.74, 6) is 0.493. The van der Waals surface area contributed by atoms with Crippen LogP contribution in [0.4, 0.5) is 0 Å². The van der Waals surface area contributed by atoms with Crippen molar-refractivity contribution in [1.29, 1.82) is 0 Å². The fourth-order valence-corrected chi connectivity index (χ4v) is 0.506. The smallest absolute Gasteiger partial charge is 0.0886 e. The van der Waals surface area contributed by atoms with Crippen LogP contribution in [-0.4, -0.2) is 19.3 Å². The third kappa shape index (κ3) is 7.30. The molecule has 3 heteroatoms. The first kappa shape index (κ1) is 9.30. The van der Waals surface area contributed by atoms with Crippen LogP contribution in [0.5, 0.6) is 0 Å². The monoisotopic (exact) mass is 144 g/mol. The number of nitrogens with two attached hydrogens (primary N) is 1. The summed E-state index contributed by atoms with van der Waals surface area (Å²) in [6, 6.07) is 0. The van der Waals surface area contributed by atoms with Gasteiger partial charge in [-0.25, -0.2) is 0 Å². The van der Waals surface area contributed by atoms with Gasteiger partial charge in [-0.05, 0) is 13.8 Å². The predicted octanol–water partition coefficient (Wildman–Crippen LogP) is 0.431. The molecule has 0 unspecified atom stereocenters. The lowest BCUT2D eigenvalue weighted by Crippen LogP contribution is -2.24. The van der Waals surface area contributed by atoms with Gasteiger partial charge >= 0.3 is 0 Å². The van der Waals surface area contributed by atoms with Gasteiger partial charge in [-0.3, -0.25) is 0 Å². The quantitative estimate of drug-likeness (QED) is 0.550. The second kappa shape index (κ2) is 5.11. The van der Waals surface area contributed by atoms with Crippen LogP contribution in [-0.2, 0) is 4.74 Å². The number of hydrogen-bond donors (Lipinski definition) is 2. The first-order chi connectivity index (χ1) is 4.63. The molecule has 0 fully saturated rings. The van der Waals surface area contributed by atoms with Crippen molar-refractivity contribution in [2.45, 2.75) is 20.0 Å². The Morgan fingerprint density at radius 3 is 2.70 bits per heavy atom. The molecule has 0 aromatic heterocycles. The summed E-state index contributed by atoms with van der Waals surface area (Å²) >= 11 is 0. The van der Waals surface area contributed by atoms with Crippen molar-refractivity contribution in [3.05, 3.63) is 12.4 Å². The second-order valence-electron chi connectivity index (χ2n) is 2.37. The van der Waals surface area contributed by atoms with E-state index in [1.807, 2.05) is 13.8 Å². The Morgan fingerprint density at radius 2 is 2.30 bits per heavy atom. The van der Waals surface area contributed by atoms with Gasteiger partial charge in [0.25, 0.3) is 0 Å². The molecule has 3 nitrogen and oxygen atoms in total. The van der Waals surface area contributed by atoms with Gasteiger partial charge in [0.1, 0.15) is 0 Å². The van der Waals surface area contributed by atoms with Gasteiger partial charge in [-0.1, -0.05) is 6.58 Å². The van der Waals surface area contributed by atoms with Gasteiger partial charge in [-0.2, -0.15) is 0 Å². The zero-order chi connectivity index (χ0) is 7.98. The van der Waals surface area contributed by atoms with Crippen molar-refractivity contribution in [2.24, 2.45) is 5.73 Å². The van der Waals surface area contributed by atoms with E-state index in [1.165, 1.54) is 0 Å². The van der Waals surface area contributed by atoms with Crippen LogP contribution in [0.2, 0.25) is 0 Å². The Kier molecular flexibility index (Phi) is 4.76. The van der Waals surface area contributed by atoms with E-state index in [0.717, 1.165) is 6.54 Å². The van der Waals surface area contributed by atoms with E-state index in [2.05, 4.69) is 11.9 Å². The number of hydrogen-bond acceptors (Lipinski definition) is 3. The molecular weight excluding hydrogens is 128 g/mol. The fraction of sp³-hybridized carbons (Fsp3) is 0.714. The molecule has 60 valence electrons. The normalized spacial score (nSPS) is 9.90. The third-order valence-corrected chi connectivity index (χ3v) is 0.905. The van der Waals surface area contributed by atoms with E-state index in [9.17, 15) is 0 Å². The molecule has 0 aromatic rings. The highest BCUT2D eigenvalue weighted by Gasteiger charge is 1.90. The Bertz CT molecular complexity index is 102. The molecule has 0 atom stereocenters. The lowest BCUT2D eigenvalue weighted by molar-refractivity contribution is 0.0820. The molecule has 0 aromatic carbocycles. The van der Waals surface area contributed by atoms with Gasteiger partial charge in [-0.15, -0.1) is 0 Å². The Morgan fingerprint density at radius 1 is 1.70 bits per heavy atom. The molecule has 3 N–H and O–H groups in total. The standard InChI is InChI=1S/C7H16N2O/c1-6(2)10-5-4-9-7(3)8/h6,9H,3-5,8H2,1-2H3. The highest BCUT2D eigenvalue weighted by Crippen LogP contribution is 1.84. The summed E-state index contributed by atoms with van der Waals surface area (Å²) < 4.78 is 5.23. The van der Waals surface area contributed by atoms with Gasteiger partial charge in [0, 0.05) is 6.54 Å². The molecule has 0 heterocycles. The lowest BCUT2D eigenvalue weighted by Gasteiger charge is -2.08. The van der Waals surface area contributed by atoms with Crippen LogP contribution in [0.25, 0.3) is 0 Å². The average Bonchev–Trinajstić information content (AvgIpc) is 1.79. The SMILES string of the molecule is C=C(N)NCCOC(C)C. The fourth-order valence-electron chi connectivity index (χ4n) is 0.506. The van der Waals surface area contributed by atoms with Gasteiger partial charge < -0.3 is 15.8 Å². The Balaban J connectivity index is 2.98. The summed E-state index contributed by atoms with van der Waals surface area (Å²) in [7, 11) is 0. The predicted molar refractivity (Wildman–Crippen MR) is 42.4 cm³/mol. The minimum atomic E-state index is 0.285. The zero-order valence-corrected chi connectivity index (χ0v) is 6.68. The van der Waals surface area contributed by atoms with E-state index in [0.29, 0.717) is 12.4 Å². The number of nitrogens with one attached hydrogen (secondary N) is 1. The van der Waals surface area contributed by atoms with E-state index in [1.54, 1.807) is 0 Å². The summed E-state index contributed by atoms with van der Waals surface area (Å²) in [5.41, 5.74) is 5.25. The van der Waals surface area contributed by atoms with Gasteiger partial charge in [0.15, 0.2) is 0 Å². The molecule has 0 bridgehead atoms. The van der Waals surface area contributed by atoms with Crippen molar-refractivity contribution in [3.63, 3.8) is 0 Å². The second-order valence-corrected chi connectivity index (χ2v) is 2.37. The largest absolute Gasteiger partial charge is 0.386 e. The van der Waals surface area contributed by atoms with E-state index in [-0.39, 0.29) is 6.10 Å². The van der Waals surface area contributed by atoms with Crippen molar-refractivity contribution < 1.29 is 4.74 Å². The molecule has 0 aliphatic carbocycles. The third-order valence-electron chi connectivity index (χ3n) is 0.905. The van der Waals surface area contributed by atoms with Crippen molar-refractivity contribution in [3.8, 4) is 0 Å². The van der Waals surface area contributed by atoms with E-state index in [4.69, 9.17) is 10.5 Å². The molecule has 0 aliphatic heterocycles.